The molecule has 2 rings (SSSR count). The molecule has 0 aliphatic rings. The number of rotatable bonds is 5. The number of aryl methyl sites for hydroxylation is 1. The maximum Gasteiger partial charge on any atom is 0.263 e. The van der Waals surface area contributed by atoms with Crippen LogP contribution in [0.5, 0.6) is 0 Å². The second-order valence-corrected chi connectivity index (χ2v) is 6.28. The number of nitrogens with zero attached hydrogens (tertiary/aromatic N) is 1. The second kappa shape index (κ2) is 7.02. The summed E-state index contributed by atoms with van der Waals surface area (Å²) in [6, 6.07) is 6.51. The van der Waals surface area contributed by atoms with Crippen molar-refractivity contribution in [1.29, 1.82) is 0 Å². The Morgan fingerprint density at radius 1 is 1.43 bits per heavy atom. The largest absolute Gasteiger partial charge is 0.386 e. The first kappa shape index (κ1) is 15.9. The molecule has 0 aliphatic heterocycles. The Morgan fingerprint density at radius 3 is 2.67 bits per heavy atom. The molecule has 0 radical (unpaired) electrons. The summed E-state index contributed by atoms with van der Waals surface area (Å²) in [5.74, 6) is -0.215. The van der Waals surface area contributed by atoms with E-state index in [9.17, 15) is 9.90 Å². The van der Waals surface area contributed by atoms with Crippen LogP contribution >= 0.6 is 22.9 Å². The summed E-state index contributed by atoms with van der Waals surface area (Å²) >= 11 is 7.19. The van der Waals surface area contributed by atoms with E-state index in [-0.39, 0.29) is 5.91 Å². The number of carbonyl (C=O) groups is 1. The Labute approximate surface area is 132 Å². The lowest BCUT2D eigenvalue weighted by Crippen LogP contribution is -2.36. The van der Waals surface area contributed by atoms with Gasteiger partial charge < -0.3 is 10.4 Å². The number of aliphatic hydroxyl groups excluding tert-OH is 1. The molecule has 2 N–H and O–H groups in total. The molecule has 2 atom stereocenters. The first-order chi connectivity index (χ1) is 10.0. The predicted molar refractivity (Wildman–Crippen MR) is 84.8 cm³/mol. The monoisotopic (exact) mass is 324 g/mol. The van der Waals surface area contributed by atoms with E-state index in [4.69, 9.17) is 11.6 Å². The number of thiazole rings is 1. The molecule has 0 bridgehead atoms. The first-order valence-corrected chi connectivity index (χ1v) is 7.89. The van der Waals surface area contributed by atoms with Crippen LogP contribution in [-0.2, 0) is 6.42 Å². The number of aliphatic hydroxyl groups is 1. The standard InChI is InChI=1S/C15H17ClN2O2S/c1-3-13-17-8-12(21-13)15(20)18-9(2)14(19)10-4-6-11(16)7-5-10/h4-9,14,19H,3H2,1-2H3,(H,18,20). The molecule has 0 saturated carbocycles. The molecule has 4 nitrogen and oxygen atoms in total. The highest BCUT2D eigenvalue weighted by Crippen LogP contribution is 2.20. The van der Waals surface area contributed by atoms with Crippen molar-refractivity contribution in [2.45, 2.75) is 32.4 Å². The molecular formula is C15H17ClN2O2S. The van der Waals surface area contributed by atoms with Gasteiger partial charge in [-0.05, 0) is 31.0 Å². The van der Waals surface area contributed by atoms with Crippen LogP contribution in [0.2, 0.25) is 5.02 Å². The summed E-state index contributed by atoms with van der Waals surface area (Å²) in [4.78, 5) is 16.8. The summed E-state index contributed by atoms with van der Waals surface area (Å²) in [6.07, 6.45) is 1.59. The topological polar surface area (TPSA) is 62.2 Å². The average molecular weight is 325 g/mol. The molecule has 0 aliphatic carbocycles. The van der Waals surface area contributed by atoms with E-state index in [1.807, 2.05) is 6.92 Å². The fourth-order valence-corrected chi connectivity index (χ4v) is 2.77. The molecule has 112 valence electrons. The molecule has 0 fully saturated rings. The highest BCUT2D eigenvalue weighted by molar-refractivity contribution is 7.13. The van der Waals surface area contributed by atoms with Crippen molar-refractivity contribution in [3.8, 4) is 0 Å². The fraction of sp³-hybridized carbons (Fsp3) is 0.333. The Bertz CT molecular complexity index is 612. The van der Waals surface area contributed by atoms with Crippen molar-refractivity contribution in [2.75, 3.05) is 0 Å². The Morgan fingerprint density at radius 2 is 2.10 bits per heavy atom. The van der Waals surface area contributed by atoms with Gasteiger partial charge in [0.25, 0.3) is 5.91 Å². The van der Waals surface area contributed by atoms with Crippen molar-refractivity contribution in [3.05, 3.63) is 50.9 Å². The third-order valence-electron chi connectivity index (χ3n) is 3.12. The van der Waals surface area contributed by atoms with E-state index in [2.05, 4.69) is 10.3 Å². The summed E-state index contributed by atoms with van der Waals surface area (Å²) in [7, 11) is 0. The third kappa shape index (κ3) is 4.03. The predicted octanol–water partition coefficient (Wildman–Crippen LogP) is 3.21. The van der Waals surface area contributed by atoms with Crippen LogP contribution in [0.3, 0.4) is 0 Å². The van der Waals surface area contributed by atoms with Crippen molar-refractivity contribution in [2.24, 2.45) is 0 Å². The van der Waals surface area contributed by atoms with Gasteiger partial charge in [0.2, 0.25) is 0 Å². The maximum absolute atomic E-state index is 12.1. The summed E-state index contributed by atoms with van der Waals surface area (Å²) < 4.78 is 0. The molecule has 1 heterocycles. The minimum Gasteiger partial charge on any atom is -0.386 e. The van der Waals surface area contributed by atoms with Crippen LogP contribution in [0, 0.1) is 0 Å². The lowest BCUT2D eigenvalue weighted by Gasteiger charge is -2.20. The van der Waals surface area contributed by atoms with Gasteiger partial charge in [0.05, 0.1) is 23.4 Å². The number of halogens is 1. The minimum absolute atomic E-state index is 0.215. The molecule has 1 aromatic heterocycles. The fourth-order valence-electron chi connectivity index (χ4n) is 1.88. The molecule has 0 spiro atoms. The Kier molecular flexibility index (Phi) is 5.33. The molecule has 1 amide bonds. The van der Waals surface area contributed by atoms with Gasteiger partial charge in [-0.15, -0.1) is 11.3 Å². The maximum atomic E-state index is 12.1. The van der Waals surface area contributed by atoms with Gasteiger partial charge in [0.1, 0.15) is 4.88 Å². The van der Waals surface area contributed by atoms with Crippen LogP contribution in [0.1, 0.15) is 40.2 Å². The molecule has 6 heteroatoms. The number of aromatic nitrogens is 1. The number of amides is 1. The van der Waals surface area contributed by atoms with Gasteiger partial charge in [0.15, 0.2) is 0 Å². The quantitative estimate of drug-likeness (QED) is 0.887. The van der Waals surface area contributed by atoms with Crippen LogP contribution in [-0.4, -0.2) is 22.0 Å². The lowest BCUT2D eigenvalue weighted by molar-refractivity contribution is 0.0856. The van der Waals surface area contributed by atoms with E-state index in [1.54, 1.807) is 37.4 Å². The Hall–Kier alpha value is -1.43. The van der Waals surface area contributed by atoms with E-state index in [1.165, 1.54) is 11.3 Å². The number of benzene rings is 1. The van der Waals surface area contributed by atoms with Crippen LogP contribution in [0.4, 0.5) is 0 Å². The number of nitrogens with one attached hydrogen (secondary N) is 1. The normalized spacial score (nSPS) is 13.7. The number of hydrogen-bond donors (Lipinski definition) is 2. The van der Waals surface area contributed by atoms with E-state index >= 15 is 0 Å². The summed E-state index contributed by atoms with van der Waals surface area (Å²) in [6.45, 7) is 3.76. The second-order valence-electron chi connectivity index (χ2n) is 4.73. The summed E-state index contributed by atoms with van der Waals surface area (Å²) in [5.41, 5.74) is 0.714. The summed E-state index contributed by atoms with van der Waals surface area (Å²) in [5, 5.41) is 14.6. The Balaban J connectivity index is 2.01. The first-order valence-electron chi connectivity index (χ1n) is 6.70. The zero-order valence-corrected chi connectivity index (χ0v) is 13.4. The average Bonchev–Trinajstić information content (AvgIpc) is 2.96. The third-order valence-corrected chi connectivity index (χ3v) is 4.52. The highest BCUT2D eigenvalue weighted by atomic mass is 35.5. The lowest BCUT2D eigenvalue weighted by atomic mass is 10.0. The zero-order valence-electron chi connectivity index (χ0n) is 11.8. The van der Waals surface area contributed by atoms with E-state index < -0.39 is 12.1 Å². The highest BCUT2D eigenvalue weighted by Gasteiger charge is 2.20. The van der Waals surface area contributed by atoms with Gasteiger partial charge in [-0.2, -0.15) is 0 Å². The zero-order chi connectivity index (χ0) is 15.4. The van der Waals surface area contributed by atoms with E-state index in [0.29, 0.717) is 15.5 Å². The van der Waals surface area contributed by atoms with Gasteiger partial charge >= 0.3 is 0 Å². The van der Waals surface area contributed by atoms with Gasteiger partial charge in [0, 0.05) is 5.02 Å². The van der Waals surface area contributed by atoms with Crippen molar-refractivity contribution in [3.63, 3.8) is 0 Å². The van der Waals surface area contributed by atoms with Crippen molar-refractivity contribution < 1.29 is 9.90 Å². The molecule has 0 saturated heterocycles. The van der Waals surface area contributed by atoms with Crippen LogP contribution in [0.15, 0.2) is 30.5 Å². The smallest absolute Gasteiger partial charge is 0.263 e. The number of carbonyl (C=O) groups excluding carboxylic acids is 1. The molecule has 2 aromatic rings. The SMILES string of the molecule is CCc1ncc(C(=O)NC(C)C(O)c2ccc(Cl)cc2)s1. The van der Waals surface area contributed by atoms with Crippen molar-refractivity contribution >= 4 is 28.8 Å². The van der Waals surface area contributed by atoms with Gasteiger partial charge in [-0.3, -0.25) is 4.79 Å². The van der Waals surface area contributed by atoms with Gasteiger partial charge in [-0.1, -0.05) is 30.7 Å². The van der Waals surface area contributed by atoms with Crippen LogP contribution in [0.25, 0.3) is 0 Å². The molecular weight excluding hydrogens is 308 g/mol. The minimum atomic E-state index is -0.787. The van der Waals surface area contributed by atoms with Crippen LogP contribution < -0.4 is 5.32 Å². The van der Waals surface area contributed by atoms with Crippen molar-refractivity contribution in [1.82, 2.24) is 10.3 Å². The molecule has 1 aromatic carbocycles. The number of hydrogen-bond acceptors (Lipinski definition) is 4. The van der Waals surface area contributed by atoms with Gasteiger partial charge in [-0.25, -0.2) is 4.98 Å². The molecule has 2 unspecified atom stereocenters. The molecule has 21 heavy (non-hydrogen) atoms. The van der Waals surface area contributed by atoms with E-state index in [0.717, 1.165) is 11.4 Å².